The van der Waals surface area contributed by atoms with E-state index < -0.39 is 0 Å². The first-order valence-electron chi connectivity index (χ1n) is 9.17. The van der Waals surface area contributed by atoms with Crippen LogP contribution in [-0.2, 0) is 6.61 Å². The van der Waals surface area contributed by atoms with Crippen LogP contribution in [0.25, 0.3) is 33.4 Å². The molecule has 1 N–H and O–H groups in total. The van der Waals surface area contributed by atoms with Gasteiger partial charge in [-0.3, -0.25) is 4.98 Å². The van der Waals surface area contributed by atoms with E-state index >= 15 is 0 Å². The Balaban J connectivity index is 1.82. The molecule has 0 amide bonds. The van der Waals surface area contributed by atoms with Crippen LogP contribution >= 0.6 is 0 Å². The maximum atomic E-state index is 9.83. The Bertz CT molecular complexity index is 1380. The van der Waals surface area contributed by atoms with Gasteiger partial charge in [0, 0.05) is 16.9 Å². The highest BCUT2D eigenvalue weighted by atomic mass is 16.3. The molecule has 0 bridgehead atoms. The summed E-state index contributed by atoms with van der Waals surface area (Å²) in [6.07, 6.45) is 3.73. The number of hydrogen-bond acceptors (Lipinski definition) is 4. The molecule has 0 spiro atoms. The molecule has 6 nitrogen and oxygen atoms in total. The van der Waals surface area contributed by atoms with E-state index in [-0.39, 0.29) is 6.61 Å². The molecule has 0 saturated heterocycles. The Labute approximate surface area is 166 Å². The first-order chi connectivity index (χ1) is 14.3. The van der Waals surface area contributed by atoms with Crippen molar-refractivity contribution in [2.75, 3.05) is 0 Å². The van der Waals surface area contributed by atoms with Crippen molar-refractivity contribution in [1.82, 2.24) is 14.8 Å². The molecule has 29 heavy (non-hydrogen) atoms. The Morgan fingerprint density at radius 1 is 1.00 bits per heavy atom. The molecule has 0 unspecified atom stereocenters. The van der Waals surface area contributed by atoms with E-state index in [0.29, 0.717) is 11.4 Å². The minimum Gasteiger partial charge on any atom is -0.385 e. The molecule has 0 aliphatic carbocycles. The number of benzene rings is 2. The Morgan fingerprint density at radius 2 is 1.79 bits per heavy atom. The van der Waals surface area contributed by atoms with E-state index in [4.69, 9.17) is 5.26 Å². The number of aliphatic hydroxyl groups is 1. The SMILES string of the molecule is N#Cc1ccc(-n2nc(CO)[n+]3ccc4ncc(-c5ccccc5)cc4c23)cc1. The first kappa shape index (κ1) is 17.0. The summed E-state index contributed by atoms with van der Waals surface area (Å²) >= 11 is 0. The minimum atomic E-state index is -0.193. The maximum Gasteiger partial charge on any atom is 0.308 e. The van der Waals surface area contributed by atoms with Crippen LogP contribution in [0.15, 0.2) is 79.1 Å². The molecule has 0 aliphatic heterocycles. The summed E-state index contributed by atoms with van der Waals surface area (Å²) in [6, 6.07) is 23.4. The summed E-state index contributed by atoms with van der Waals surface area (Å²) in [5.74, 6) is 0.524. The van der Waals surface area contributed by atoms with Gasteiger partial charge in [-0.05, 0) is 42.0 Å². The van der Waals surface area contributed by atoms with Crippen LogP contribution in [0.1, 0.15) is 11.4 Å². The summed E-state index contributed by atoms with van der Waals surface area (Å²) in [4.78, 5) is 4.64. The molecular weight excluding hydrogens is 362 g/mol. The van der Waals surface area contributed by atoms with E-state index in [1.54, 1.807) is 16.8 Å². The molecule has 5 aromatic rings. The van der Waals surface area contributed by atoms with Crippen molar-refractivity contribution in [3.05, 3.63) is 90.5 Å². The Kier molecular flexibility index (Phi) is 4.01. The van der Waals surface area contributed by atoms with Crippen molar-refractivity contribution in [3.63, 3.8) is 0 Å². The van der Waals surface area contributed by atoms with Gasteiger partial charge in [0.15, 0.2) is 0 Å². The molecule has 0 radical (unpaired) electrons. The van der Waals surface area contributed by atoms with Gasteiger partial charge >= 0.3 is 5.82 Å². The largest absolute Gasteiger partial charge is 0.385 e. The third-order valence-electron chi connectivity index (χ3n) is 4.95. The number of nitriles is 1. The fraction of sp³-hybridized carbons (Fsp3) is 0.0435. The summed E-state index contributed by atoms with van der Waals surface area (Å²) in [6.45, 7) is -0.193. The van der Waals surface area contributed by atoms with Gasteiger partial charge in [-0.1, -0.05) is 35.0 Å². The van der Waals surface area contributed by atoms with Crippen molar-refractivity contribution < 1.29 is 9.51 Å². The van der Waals surface area contributed by atoms with Gasteiger partial charge in [0.1, 0.15) is 12.3 Å². The minimum absolute atomic E-state index is 0.193. The summed E-state index contributed by atoms with van der Waals surface area (Å²) < 4.78 is 3.66. The number of nitrogens with zero attached hydrogens (tertiary/aromatic N) is 5. The van der Waals surface area contributed by atoms with Gasteiger partial charge in [0.05, 0.1) is 28.7 Å². The van der Waals surface area contributed by atoms with Gasteiger partial charge in [-0.2, -0.15) is 9.66 Å². The maximum absolute atomic E-state index is 9.83. The predicted octanol–water partition coefficient (Wildman–Crippen LogP) is 3.19. The highest BCUT2D eigenvalue weighted by Gasteiger charge is 2.23. The number of aromatic nitrogens is 4. The molecule has 3 heterocycles. The third kappa shape index (κ3) is 2.81. The molecule has 0 atom stereocenters. The average molecular weight is 378 g/mol. The third-order valence-corrected chi connectivity index (χ3v) is 4.95. The van der Waals surface area contributed by atoms with Crippen molar-refractivity contribution in [2.45, 2.75) is 6.61 Å². The molecule has 2 aromatic carbocycles. The molecular formula is C23H16N5O+. The van der Waals surface area contributed by atoms with E-state index in [1.807, 2.05) is 65.3 Å². The number of fused-ring (bicyclic) bond motifs is 3. The number of aliphatic hydroxyl groups excluding tert-OH is 1. The summed E-state index contributed by atoms with van der Waals surface area (Å²) in [5.41, 5.74) is 5.11. The molecule has 0 fully saturated rings. The highest BCUT2D eigenvalue weighted by molar-refractivity contribution is 5.92. The average Bonchev–Trinajstić information content (AvgIpc) is 3.18. The van der Waals surface area contributed by atoms with Crippen LogP contribution < -0.4 is 4.40 Å². The molecule has 3 aromatic heterocycles. The quantitative estimate of drug-likeness (QED) is 0.489. The van der Waals surface area contributed by atoms with E-state index in [0.717, 1.165) is 33.4 Å². The molecule has 0 saturated carbocycles. The molecule has 138 valence electrons. The second-order valence-electron chi connectivity index (χ2n) is 6.68. The topological polar surface area (TPSA) is 78.8 Å². The number of pyridine rings is 2. The fourth-order valence-corrected chi connectivity index (χ4v) is 3.52. The van der Waals surface area contributed by atoms with Gasteiger partial charge in [0.2, 0.25) is 0 Å². The van der Waals surface area contributed by atoms with Crippen molar-refractivity contribution in [1.29, 1.82) is 5.26 Å². The Hall–Kier alpha value is -4.08. The lowest BCUT2D eigenvalue weighted by molar-refractivity contribution is -0.524. The van der Waals surface area contributed by atoms with Crippen LogP contribution in [0.4, 0.5) is 0 Å². The van der Waals surface area contributed by atoms with Crippen molar-refractivity contribution >= 4 is 16.6 Å². The normalized spacial score (nSPS) is 11.0. The monoisotopic (exact) mass is 378 g/mol. The van der Waals surface area contributed by atoms with E-state index in [2.05, 4.69) is 22.2 Å². The Morgan fingerprint density at radius 3 is 2.52 bits per heavy atom. The van der Waals surface area contributed by atoms with Crippen LogP contribution in [-0.4, -0.2) is 19.9 Å². The van der Waals surface area contributed by atoms with Crippen LogP contribution in [0.5, 0.6) is 0 Å². The second kappa shape index (κ2) is 6.82. The first-order valence-corrected chi connectivity index (χ1v) is 9.17. The number of rotatable bonds is 3. The van der Waals surface area contributed by atoms with Crippen molar-refractivity contribution in [2.24, 2.45) is 0 Å². The van der Waals surface area contributed by atoms with Crippen LogP contribution in [0, 0.1) is 11.3 Å². The zero-order valence-electron chi connectivity index (χ0n) is 15.4. The van der Waals surface area contributed by atoms with Crippen LogP contribution in [0.2, 0.25) is 0 Å². The highest BCUT2D eigenvalue weighted by Crippen LogP contribution is 2.25. The second-order valence-corrected chi connectivity index (χ2v) is 6.68. The lowest BCUT2D eigenvalue weighted by atomic mass is 10.1. The van der Waals surface area contributed by atoms with E-state index in [9.17, 15) is 5.11 Å². The van der Waals surface area contributed by atoms with Gasteiger partial charge in [0.25, 0.3) is 5.65 Å². The fourth-order valence-electron chi connectivity index (χ4n) is 3.52. The predicted molar refractivity (Wildman–Crippen MR) is 108 cm³/mol. The lowest BCUT2D eigenvalue weighted by Gasteiger charge is -2.04. The summed E-state index contributed by atoms with van der Waals surface area (Å²) in [5, 5.41) is 24.4. The number of hydrogen-bond donors (Lipinski definition) is 1. The lowest BCUT2D eigenvalue weighted by Crippen LogP contribution is -2.25. The molecule has 6 heteroatoms. The standard InChI is InChI=1S/C23H16N5O/c24-13-16-6-8-19(9-7-16)28-23-20-12-18(17-4-2-1-3-5-17)14-25-21(20)10-11-27(23)22(15-29)26-28/h1-12,14,29H,15H2/q+1. The van der Waals surface area contributed by atoms with E-state index in [1.165, 1.54) is 0 Å². The smallest absolute Gasteiger partial charge is 0.308 e. The van der Waals surface area contributed by atoms with Crippen molar-refractivity contribution in [3.8, 4) is 22.9 Å². The zero-order valence-corrected chi connectivity index (χ0v) is 15.4. The van der Waals surface area contributed by atoms with Crippen LogP contribution in [0.3, 0.4) is 0 Å². The van der Waals surface area contributed by atoms with Gasteiger partial charge in [-0.15, -0.1) is 0 Å². The summed E-state index contributed by atoms with van der Waals surface area (Å²) in [7, 11) is 0. The zero-order chi connectivity index (χ0) is 19.8. The molecule has 5 rings (SSSR count). The van der Waals surface area contributed by atoms with Gasteiger partial charge < -0.3 is 5.11 Å². The molecule has 0 aliphatic rings. The van der Waals surface area contributed by atoms with Gasteiger partial charge in [-0.25, -0.2) is 0 Å².